The van der Waals surface area contributed by atoms with Crippen molar-refractivity contribution < 1.29 is 19.6 Å². The Labute approximate surface area is 171 Å². The molecule has 8 nitrogen and oxygen atoms in total. The van der Waals surface area contributed by atoms with Gasteiger partial charge in [-0.25, -0.2) is 0 Å². The number of nitrogens with zero attached hydrogens (tertiary/aromatic N) is 1. The van der Waals surface area contributed by atoms with Gasteiger partial charge in [0.15, 0.2) is 5.75 Å². The lowest BCUT2D eigenvalue weighted by Gasteiger charge is -2.10. The molecule has 0 heterocycles. The quantitative estimate of drug-likeness (QED) is 0.189. The molecular weight excluding hydrogens is 386 g/mol. The number of anilines is 2. The summed E-state index contributed by atoms with van der Waals surface area (Å²) >= 11 is 0. The smallest absolute Gasteiger partial charge is 0.311 e. The summed E-state index contributed by atoms with van der Waals surface area (Å²) in [7, 11) is 0. The van der Waals surface area contributed by atoms with Crippen molar-refractivity contribution in [1.29, 1.82) is 0 Å². The number of phenolic OH excluding ortho intramolecular Hbond substituents is 1. The van der Waals surface area contributed by atoms with Gasteiger partial charge in [-0.3, -0.25) is 19.7 Å². The van der Waals surface area contributed by atoms with Gasteiger partial charge in [-0.2, -0.15) is 0 Å². The van der Waals surface area contributed by atoms with Crippen LogP contribution in [0.5, 0.6) is 5.75 Å². The molecule has 0 aromatic heterocycles. The van der Waals surface area contributed by atoms with Gasteiger partial charge in [0.1, 0.15) is 5.57 Å². The van der Waals surface area contributed by atoms with Crippen molar-refractivity contribution >= 4 is 35.0 Å². The summed E-state index contributed by atoms with van der Waals surface area (Å²) in [4.78, 5) is 35.9. The van der Waals surface area contributed by atoms with Crippen LogP contribution in [-0.2, 0) is 9.59 Å². The van der Waals surface area contributed by atoms with Gasteiger partial charge in [-0.15, -0.1) is 0 Å². The molecule has 3 rings (SSSR count). The average molecular weight is 403 g/mol. The Morgan fingerprint density at radius 1 is 0.833 bits per heavy atom. The number of carbonyl (C=O) groups is 2. The van der Waals surface area contributed by atoms with Crippen LogP contribution in [0.15, 0.2) is 84.4 Å². The van der Waals surface area contributed by atoms with Gasteiger partial charge in [-0.05, 0) is 42.0 Å². The molecule has 0 fully saturated rings. The van der Waals surface area contributed by atoms with Gasteiger partial charge in [0.25, 0.3) is 11.8 Å². The van der Waals surface area contributed by atoms with Crippen LogP contribution < -0.4 is 10.6 Å². The average Bonchev–Trinajstić information content (AvgIpc) is 2.74. The predicted molar refractivity (Wildman–Crippen MR) is 113 cm³/mol. The molecule has 0 radical (unpaired) electrons. The first kappa shape index (κ1) is 20.3. The van der Waals surface area contributed by atoms with Crippen LogP contribution in [0.1, 0.15) is 5.56 Å². The lowest BCUT2D eigenvalue weighted by molar-refractivity contribution is -0.385. The van der Waals surface area contributed by atoms with Crippen molar-refractivity contribution in [3.05, 3.63) is 100 Å². The first-order chi connectivity index (χ1) is 14.4. The van der Waals surface area contributed by atoms with Crippen molar-refractivity contribution in [3.8, 4) is 5.75 Å². The van der Waals surface area contributed by atoms with E-state index in [0.717, 1.165) is 12.1 Å². The van der Waals surface area contributed by atoms with E-state index in [-0.39, 0.29) is 11.1 Å². The first-order valence-corrected chi connectivity index (χ1v) is 8.86. The topological polar surface area (TPSA) is 122 Å². The molecule has 2 amide bonds. The minimum atomic E-state index is -0.750. The first-order valence-electron chi connectivity index (χ1n) is 8.86. The van der Waals surface area contributed by atoms with Crippen LogP contribution in [0.4, 0.5) is 17.1 Å². The van der Waals surface area contributed by atoms with Crippen LogP contribution in [0.3, 0.4) is 0 Å². The number of phenols is 1. The Morgan fingerprint density at radius 3 is 1.80 bits per heavy atom. The summed E-state index contributed by atoms with van der Waals surface area (Å²) < 4.78 is 0. The van der Waals surface area contributed by atoms with Crippen LogP contribution in [-0.4, -0.2) is 21.8 Å². The lowest BCUT2D eigenvalue weighted by atomic mass is 10.1. The van der Waals surface area contributed by atoms with Crippen LogP contribution in [0.2, 0.25) is 0 Å². The number of aromatic hydroxyl groups is 1. The second-order valence-electron chi connectivity index (χ2n) is 6.20. The molecule has 0 bridgehead atoms. The van der Waals surface area contributed by atoms with E-state index in [1.165, 1.54) is 12.1 Å². The van der Waals surface area contributed by atoms with E-state index in [4.69, 9.17) is 0 Å². The van der Waals surface area contributed by atoms with Gasteiger partial charge >= 0.3 is 5.69 Å². The molecular formula is C22H17N3O5. The highest BCUT2D eigenvalue weighted by atomic mass is 16.6. The predicted octanol–water partition coefficient (Wildman–Crippen LogP) is 3.96. The summed E-state index contributed by atoms with van der Waals surface area (Å²) in [6, 6.07) is 20.7. The number of nitrogens with one attached hydrogen (secondary N) is 2. The number of nitro benzene ring substituents is 1. The fraction of sp³-hybridized carbons (Fsp3) is 0. The molecule has 3 N–H and O–H groups in total. The van der Waals surface area contributed by atoms with E-state index in [1.54, 1.807) is 60.7 Å². The maximum atomic E-state index is 12.8. The molecule has 3 aromatic rings. The van der Waals surface area contributed by atoms with E-state index in [2.05, 4.69) is 10.6 Å². The highest BCUT2D eigenvalue weighted by Gasteiger charge is 2.20. The van der Waals surface area contributed by atoms with E-state index in [0.29, 0.717) is 11.4 Å². The molecule has 0 unspecified atom stereocenters. The SMILES string of the molecule is O=C(Nc1ccccc1)C(=Cc1ccc(O)c([N+](=O)[O-])c1)C(=O)Nc1ccccc1. The summed E-state index contributed by atoms with van der Waals surface area (Å²) in [5.41, 5.74) is 0.383. The molecule has 0 atom stereocenters. The zero-order chi connectivity index (χ0) is 21.5. The highest BCUT2D eigenvalue weighted by molar-refractivity contribution is 6.28. The van der Waals surface area contributed by atoms with Crippen LogP contribution >= 0.6 is 0 Å². The van der Waals surface area contributed by atoms with Crippen LogP contribution in [0.25, 0.3) is 6.08 Å². The third-order valence-corrected chi connectivity index (χ3v) is 4.06. The maximum Gasteiger partial charge on any atom is 0.311 e. The minimum absolute atomic E-state index is 0.209. The number of hydrogen-bond donors (Lipinski definition) is 3. The lowest BCUT2D eigenvalue weighted by Crippen LogP contribution is -2.25. The highest BCUT2D eigenvalue weighted by Crippen LogP contribution is 2.27. The Morgan fingerprint density at radius 2 is 1.33 bits per heavy atom. The number of rotatable bonds is 6. The van der Waals surface area contributed by atoms with E-state index >= 15 is 0 Å². The van der Waals surface area contributed by atoms with E-state index in [1.807, 2.05) is 0 Å². The molecule has 8 heteroatoms. The fourth-order valence-electron chi connectivity index (χ4n) is 2.62. The second kappa shape index (κ2) is 9.16. The molecule has 0 saturated carbocycles. The molecule has 0 spiro atoms. The molecule has 150 valence electrons. The minimum Gasteiger partial charge on any atom is -0.502 e. The molecule has 0 aliphatic heterocycles. The fourth-order valence-corrected chi connectivity index (χ4v) is 2.62. The van der Waals surface area contributed by atoms with Gasteiger partial charge in [0, 0.05) is 17.4 Å². The van der Waals surface area contributed by atoms with Crippen LogP contribution in [0, 0.1) is 10.1 Å². The summed E-state index contributed by atoms with van der Waals surface area (Å²) in [6.45, 7) is 0. The summed E-state index contributed by atoms with van der Waals surface area (Å²) in [5.74, 6) is -1.89. The van der Waals surface area contributed by atoms with Gasteiger partial charge < -0.3 is 15.7 Å². The third-order valence-electron chi connectivity index (χ3n) is 4.06. The van der Waals surface area contributed by atoms with Crippen molar-refractivity contribution in [2.75, 3.05) is 10.6 Å². The number of amides is 2. The second-order valence-corrected chi connectivity index (χ2v) is 6.20. The molecule has 0 aliphatic rings. The molecule has 0 aliphatic carbocycles. The van der Waals surface area contributed by atoms with Gasteiger partial charge in [0.2, 0.25) is 0 Å². The Bertz CT molecular complexity index is 1060. The third kappa shape index (κ3) is 5.08. The Balaban J connectivity index is 1.97. The van der Waals surface area contributed by atoms with Crippen molar-refractivity contribution in [2.24, 2.45) is 0 Å². The largest absolute Gasteiger partial charge is 0.502 e. The number of nitro groups is 1. The van der Waals surface area contributed by atoms with Crippen molar-refractivity contribution in [3.63, 3.8) is 0 Å². The summed E-state index contributed by atoms with van der Waals surface area (Å²) in [6.07, 6.45) is 1.23. The molecule has 3 aromatic carbocycles. The number of para-hydroxylation sites is 2. The maximum absolute atomic E-state index is 12.8. The van der Waals surface area contributed by atoms with Gasteiger partial charge in [0.05, 0.1) is 4.92 Å². The molecule has 30 heavy (non-hydrogen) atoms. The normalized spacial score (nSPS) is 10.0. The van der Waals surface area contributed by atoms with Crippen molar-refractivity contribution in [1.82, 2.24) is 0 Å². The Hall–Kier alpha value is -4.46. The van der Waals surface area contributed by atoms with E-state index in [9.17, 15) is 24.8 Å². The zero-order valence-electron chi connectivity index (χ0n) is 15.6. The molecule has 0 saturated heterocycles. The standard InChI is InChI=1S/C22H17N3O5/c26-20-12-11-15(14-19(20)25(29)30)13-18(21(27)23-16-7-3-1-4-8-16)22(28)24-17-9-5-2-6-10-17/h1-14,26H,(H,23,27)(H,24,28). The van der Waals surface area contributed by atoms with Crippen molar-refractivity contribution in [2.45, 2.75) is 0 Å². The number of carbonyl (C=O) groups excluding carboxylic acids is 2. The number of benzene rings is 3. The van der Waals surface area contributed by atoms with E-state index < -0.39 is 28.2 Å². The number of hydrogen-bond acceptors (Lipinski definition) is 5. The zero-order valence-corrected chi connectivity index (χ0v) is 15.6. The Kier molecular flexibility index (Phi) is 6.19. The monoisotopic (exact) mass is 403 g/mol. The summed E-state index contributed by atoms with van der Waals surface area (Å²) in [5, 5.41) is 26.0. The van der Waals surface area contributed by atoms with Gasteiger partial charge in [-0.1, -0.05) is 42.5 Å².